The molecular formula is C17H18Cl2O. The van der Waals surface area contributed by atoms with Crippen molar-refractivity contribution in [3.8, 4) is 0 Å². The fourth-order valence-electron chi connectivity index (χ4n) is 2.34. The van der Waals surface area contributed by atoms with Crippen LogP contribution in [0.25, 0.3) is 0 Å². The van der Waals surface area contributed by atoms with Gasteiger partial charge in [-0.05, 0) is 60.7 Å². The summed E-state index contributed by atoms with van der Waals surface area (Å²) in [6, 6.07) is 9.64. The molecule has 0 aliphatic carbocycles. The van der Waals surface area contributed by atoms with E-state index in [2.05, 4.69) is 26.0 Å². The van der Waals surface area contributed by atoms with Crippen molar-refractivity contribution >= 4 is 23.2 Å². The number of aryl methyl sites for hydroxylation is 3. The molecule has 0 aliphatic heterocycles. The summed E-state index contributed by atoms with van der Waals surface area (Å²) in [5.74, 6) is 0. The maximum atomic E-state index is 10.5. The lowest BCUT2D eigenvalue weighted by Gasteiger charge is -2.16. The minimum atomic E-state index is -0.536. The zero-order valence-electron chi connectivity index (χ0n) is 11.9. The standard InChI is InChI=1S/C17H18Cl2O/c1-10-6-12(3)14(7-11(10)2)17(20)9-13-4-5-15(18)16(19)8-13/h4-8,17,20H,9H2,1-3H3. The maximum absolute atomic E-state index is 10.5. The van der Waals surface area contributed by atoms with E-state index in [0.29, 0.717) is 16.5 Å². The van der Waals surface area contributed by atoms with Gasteiger partial charge in [0.05, 0.1) is 16.1 Å². The Hall–Kier alpha value is -1.02. The fourth-order valence-corrected chi connectivity index (χ4v) is 2.66. The second-order valence-electron chi connectivity index (χ2n) is 5.26. The third-order valence-corrected chi connectivity index (χ3v) is 4.39. The van der Waals surface area contributed by atoms with E-state index < -0.39 is 6.10 Å². The van der Waals surface area contributed by atoms with Gasteiger partial charge in [-0.1, -0.05) is 41.4 Å². The Morgan fingerprint density at radius 3 is 2.20 bits per heavy atom. The second kappa shape index (κ2) is 6.17. The second-order valence-corrected chi connectivity index (χ2v) is 6.08. The van der Waals surface area contributed by atoms with E-state index in [0.717, 1.165) is 16.7 Å². The van der Waals surface area contributed by atoms with Crippen LogP contribution in [-0.2, 0) is 6.42 Å². The Morgan fingerprint density at radius 2 is 1.55 bits per heavy atom. The van der Waals surface area contributed by atoms with Gasteiger partial charge in [-0.3, -0.25) is 0 Å². The van der Waals surface area contributed by atoms with E-state index in [4.69, 9.17) is 23.2 Å². The summed E-state index contributed by atoms with van der Waals surface area (Å²) in [6.45, 7) is 6.17. The largest absolute Gasteiger partial charge is 0.388 e. The van der Waals surface area contributed by atoms with Gasteiger partial charge >= 0.3 is 0 Å². The highest BCUT2D eigenvalue weighted by atomic mass is 35.5. The first-order valence-corrected chi connectivity index (χ1v) is 7.34. The molecule has 1 N–H and O–H groups in total. The Morgan fingerprint density at radius 1 is 0.900 bits per heavy atom. The Kier molecular flexibility index (Phi) is 4.74. The van der Waals surface area contributed by atoms with Gasteiger partial charge < -0.3 is 5.11 Å². The average Bonchev–Trinajstić information content (AvgIpc) is 2.38. The van der Waals surface area contributed by atoms with Crippen molar-refractivity contribution in [3.05, 3.63) is 68.2 Å². The predicted octanol–water partition coefficient (Wildman–Crippen LogP) is 5.19. The summed E-state index contributed by atoms with van der Waals surface area (Å²) < 4.78 is 0. The molecule has 0 fully saturated rings. The molecular weight excluding hydrogens is 291 g/mol. The molecule has 0 radical (unpaired) electrons. The molecule has 1 atom stereocenters. The Bertz CT molecular complexity index is 635. The van der Waals surface area contributed by atoms with Gasteiger partial charge in [-0.15, -0.1) is 0 Å². The lowest BCUT2D eigenvalue weighted by atomic mass is 9.94. The number of rotatable bonds is 3. The Labute approximate surface area is 130 Å². The van der Waals surface area contributed by atoms with Crippen LogP contribution in [0.1, 0.15) is 33.9 Å². The minimum absolute atomic E-state index is 0.521. The molecule has 1 nitrogen and oxygen atoms in total. The quantitative estimate of drug-likeness (QED) is 0.826. The molecule has 0 spiro atoms. The molecule has 0 heterocycles. The third-order valence-electron chi connectivity index (χ3n) is 3.65. The zero-order valence-corrected chi connectivity index (χ0v) is 13.4. The molecule has 106 valence electrons. The van der Waals surface area contributed by atoms with Gasteiger partial charge in [0, 0.05) is 6.42 Å². The molecule has 2 aromatic carbocycles. The normalized spacial score (nSPS) is 12.5. The summed E-state index contributed by atoms with van der Waals surface area (Å²) in [5.41, 5.74) is 5.50. The molecule has 20 heavy (non-hydrogen) atoms. The highest BCUT2D eigenvalue weighted by molar-refractivity contribution is 6.42. The number of benzene rings is 2. The SMILES string of the molecule is Cc1cc(C)c(C(O)Cc2ccc(Cl)c(Cl)c2)cc1C. The van der Waals surface area contributed by atoms with Crippen molar-refractivity contribution in [1.29, 1.82) is 0 Å². The predicted molar refractivity (Wildman–Crippen MR) is 85.8 cm³/mol. The van der Waals surface area contributed by atoms with Crippen LogP contribution in [0.3, 0.4) is 0 Å². The van der Waals surface area contributed by atoms with Crippen molar-refractivity contribution in [2.75, 3.05) is 0 Å². The summed E-state index contributed by atoms with van der Waals surface area (Å²) in [5, 5.41) is 11.5. The van der Waals surface area contributed by atoms with E-state index >= 15 is 0 Å². The summed E-state index contributed by atoms with van der Waals surface area (Å²) >= 11 is 11.9. The molecule has 0 amide bonds. The first kappa shape index (κ1) is 15.4. The average molecular weight is 309 g/mol. The number of hydrogen-bond donors (Lipinski definition) is 1. The lowest BCUT2D eigenvalue weighted by molar-refractivity contribution is 0.177. The molecule has 2 rings (SSSR count). The van der Waals surface area contributed by atoms with E-state index in [9.17, 15) is 5.11 Å². The third kappa shape index (κ3) is 3.35. The first-order chi connectivity index (χ1) is 9.38. The molecule has 0 bridgehead atoms. The van der Waals surface area contributed by atoms with Gasteiger partial charge in [-0.2, -0.15) is 0 Å². The van der Waals surface area contributed by atoms with Crippen LogP contribution in [0, 0.1) is 20.8 Å². The first-order valence-electron chi connectivity index (χ1n) is 6.58. The molecule has 0 saturated carbocycles. The molecule has 2 aromatic rings. The van der Waals surface area contributed by atoms with Crippen LogP contribution in [0.15, 0.2) is 30.3 Å². The van der Waals surface area contributed by atoms with Crippen molar-refractivity contribution in [2.45, 2.75) is 33.3 Å². The highest BCUT2D eigenvalue weighted by Crippen LogP contribution is 2.28. The summed E-state index contributed by atoms with van der Waals surface area (Å²) in [7, 11) is 0. The fraction of sp³-hybridized carbons (Fsp3) is 0.294. The molecule has 3 heteroatoms. The van der Waals surface area contributed by atoms with E-state index in [1.54, 1.807) is 6.07 Å². The smallest absolute Gasteiger partial charge is 0.0833 e. The number of halogens is 2. The van der Waals surface area contributed by atoms with Crippen molar-refractivity contribution < 1.29 is 5.11 Å². The van der Waals surface area contributed by atoms with Crippen molar-refractivity contribution in [1.82, 2.24) is 0 Å². The number of hydrogen-bond acceptors (Lipinski definition) is 1. The van der Waals surface area contributed by atoms with E-state index in [1.807, 2.05) is 19.1 Å². The zero-order chi connectivity index (χ0) is 14.9. The van der Waals surface area contributed by atoms with Gasteiger partial charge in [0.15, 0.2) is 0 Å². The van der Waals surface area contributed by atoms with Gasteiger partial charge in [0.2, 0.25) is 0 Å². The van der Waals surface area contributed by atoms with Gasteiger partial charge in [-0.25, -0.2) is 0 Å². The molecule has 0 saturated heterocycles. The number of aliphatic hydroxyl groups is 1. The molecule has 1 unspecified atom stereocenters. The monoisotopic (exact) mass is 308 g/mol. The maximum Gasteiger partial charge on any atom is 0.0833 e. The number of aliphatic hydroxyl groups excluding tert-OH is 1. The Balaban J connectivity index is 2.25. The van der Waals surface area contributed by atoms with Crippen LogP contribution in [-0.4, -0.2) is 5.11 Å². The van der Waals surface area contributed by atoms with Crippen LogP contribution >= 0.6 is 23.2 Å². The highest BCUT2D eigenvalue weighted by Gasteiger charge is 2.13. The van der Waals surface area contributed by atoms with Crippen LogP contribution < -0.4 is 0 Å². The van der Waals surface area contributed by atoms with Crippen LogP contribution in [0.5, 0.6) is 0 Å². The van der Waals surface area contributed by atoms with Crippen LogP contribution in [0.4, 0.5) is 0 Å². The molecule has 0 aromatic heterocycles. The summed E-state index contributed by atoms with van der Waals surface area (Å²) in [4.78, 5) is 0. The summed E-state index contributed by atoms with van der Waals surface area (Å²) in [6.07, 6.45) is -0.00760. The van der Waals surface area contributed by atoms with Crippen molar-refractivity contribution in [3.63, 3.8) is 0 Å². The van der Waals surface area contributed by atoms with Crippen LogP contribution in [0.2, 0.25) is 10.0 Å². The van der Waals surface area contributed by atoms with Crippen molar-refractivity contribution in [2.24, 2.45) is 0 Å². The topological polar surface area (TPSA) is 20.2 Å². The van der Waals surface area contributed by atoms with E-state index in [1.165, 1.54) is 11.1 Å². The van der Waals surface area contributed by atoms with Gasteiger partial charge in [0.25, 0.3) is 0 Å². The van der Waals surface area contributed by atoms with E-state index in [-0.39, 0.29) is 0 Å². The minimum Gasteiger partial charge on any atom is -0.388 e. The lowest BCUT2D eigenvalue weighted by Crippen LogP contribution is -2.05. The van der Waals surface area contributed by atoms with Gasteiger partial charge in [0.1, 0.15) is 0 Å². The molecule has 0 aliphatic rings.